The summed E-state index contributed by atoms with van der Waals surface area (Å²) in [6.07, 6.45) is 1.75. The lowest BCUT2D eigenvalue weighted by atomic mass is 9.97. The number of rotatable bonds is 4. The number of amides is 1. The van der Waals surface area contributed by atoms with Gasteiger partial charge in [-0.05, 0) is 17.9 Å². The SMILES string of the molecule is CC(CC(=O)N1CCC(N2CCNCC2)C1)c1ccccc1. The molecular formula is C18H27N3O. The Morgan fingerprint density at radius 2 is 1.95 bits per heavy atom. The van der Waals surface area contributed by atoms with Crippen molar-refractivity contribution in [2.75, 3.05) is 39.3 Å². The van der Waals surface area contributed by atoms with Crippen LogP contribution >= 0.6 is 0 Å². The highest BCUT2D eigenvalue weighted by Crippen LogP contribution is 2.22. The molecule has 2 fully saturated rings. The Hall–Kier alpha value is -1.39. The van der Waals surface area contributed by atoms with Gasteiger partial charge in [0.2, 0.25) is 5.91 Å². The molecule has 0 aliphatic carbocycles. The van der Waals surface area contributed by atoms with Gasteiger partial charge in [-0.3, -0.25) is 9.69 Å². The molecule has 4 nitrogen and oxygen atoms in total. The van der Waals surface area contributed by atoms with Gasteiger partial charge >= 0.3 is 0 Å². The number of nitrogens with zero attached hydrogens (tertiary/aromatic N) is 2. The summed E-state index contributed by atoms with van der Waals surface area (Å²) in [4.78, 5) is 17.2. The van der Waals surface area contributed by atoms with Crippen LogP contribution in [0.2, 0.25) is 0 Å². The van der Waals surface area contributed by atoms with Gasteiger partial charge in [-0.2, -0.15) is 0 Å². The van der Waals surface area contributed by atoms with Gasteiger partial charge in [0.05, 0.1) is 0 Å². The maximum atomic E-state index is 12.6. The summed E-state index contributed by atoms with van der Waals surface area (Å²) in [6.45, 7) is 8.39. The fourth-order valence-electron chi connectivity index (χ4n) is 3.60. The first-order valence-electron chi connectivity index (χ1n) is 8.51. The quantitative estimate of drug-likeness (QED) is 0.919. The van der Waals surface area contributed by atoms with Crippen LogP contribution in [0.5, 0.6) is 0 Å². The molecule has 22 heavy (non-hydrogen) atoms. The van der Waals surface area contributed by atoms with Crippen LogP contribution in [0.4, 0.5) is 0 Å². The second-order valence-electron chi connectivity index (χ2n) is 6.58. The number of benzene rings is 1. The zero-order valence-corrected chi connectivity index (χ0v) is 13.5. The molecule has 2 aliphatic heterocycles. The predicted octanol–water partition coefficient (Wildman–Crippen LogP) is 1.69. The third kappa shape index (κ3) is 3.68. The highest BCUT2D eigenvalue weighted by molar-refractivity contribution is 5.77. The molecule has 4 heteroatoms. The Morgan fingerprint density at radius 1 is 1.23 bits per heavy atom. The number of hydrogen-bond donors (Lipinski definition) is 1. The van der Waals surface area contributed by atoms with E-state index in [1.54, 1.807) is 0 Å². The van der Waals surface area contributed by atoms with Crippen LogP contribution in [-0.4, -0.2) is 61.0 Å². The van der Waals surface area contributed by atoms with Gasteiger partial charge in [0.15, 0.2) is 0 Å². The van der Waals surface area contributed by atoms with E-state index in [4.69, 9.17) is 0 Å². The van der Waals surface area contributed by atoms with E-state index >= 15 is 0 Å². The van der Waals surface area contributed by atoms with Crippen molar-refractivity contribution in [1.29, 1.82) is 0 Å². The molecule has 0 bridgehead atoms. The summed E-state index contributed by atoms with van der Waals surface area (Å²) in [7, 11) is 0. The third-order valence-electron chi connectivity index (χ3n) is 5.03. The molecule has 1 aromatic carbocycles. The summed E-state index contributed by atoms with van der Waals surface area (Å²) in [5.41, 5.74) is 1.26. The van der Waals surface area contributed by atoms with E-state index in [0.717, 1.165) is 45.7 Å². The van der Waals surface area contributed by atoms with Gasteiger partial charge in [0, 0.05) is 51.7 Å². The highest BCUT2D eigenvalue weighted by atomic mass is 16.2. The largest absolute Gasteiger partial charge is 0.341 e. The Morgan fingerprint density at radius 3 is 2.68 bits per heavy atom. The van der Waals surface area contributed by atoms with E-state index in [2.05, 4.69) is 34.2 Å². The second kappa shape index (κ2) is 7.25. The molecule has 2 saturated heterocycles. The predicted molar refractivity (Wildman–Crippen MR) is 88.9 cm³/mol. The van der Waals surface area contributed by atoms with E-state index in [-0.39, 0.29) is 0 Å². The molecule has 1 amide bonds. The zero-order chi connectivity index (χ0) is 15.4. The van der Waals surface area contributed by atoms with Crippen molar-refractivity contribution < 1.29 is 4.79 Å². The molecule has 2 atom stereocenters. The Labute approximate surface area is 133 Å². The minimum Gasteiger partial charge on any atom is -0.341 e. The van der Waals surface area contributed by atoms with Crippen molar-refractivity contribution in [3.63, 3.8) is 0 Å². The van der Waals surface area contributed by atoms with E-state index in [0.29, 0.717) is 24.3 Å². The lowest BCUT2D eigenvalue weighted by Gasteiger charge is -2.32. The van der Waals surface area contributed by atoms with Crippen molar-refractivity contribution in [2.24, 2.45) is 0 Å². The average Bonchev–Trinajstić information content (AvgIpc) is 3.06. The summed E-state index contributed by atoms with van der Waals surface area (Å²) < 4.78 is 0. The van der Waals surface area contributed by atoms with Crippen LogP contribution in [0.15, 0.2) is 30.3 Å². The van der Waals surface area contributed by atoms with Crippen LogP contribution in [0.25, 0.3) is 0 Å². The van der Waals surface area contributed by atoms with Gasteiger partial charge in [-0.15, -0.1) is 0 Å². The van der Waals surface area contributed by atoms with Crippen LogP contribution < -0.4 is 5.32 Å². The van der Waals surface area contributed by atoms with Crippen LogP contribution in [0, 0.1) is 0 Å². The molecule has 3 rings (SSSR count). The van der Waals surface area contributed by atoms with E-state index < -0.39 is 0 Å². The van der Waals surface area contributed by atoms with Crippen molar-refractivity contribution in [3.8, 4) is 0 Å². The monoisotopic (exact) mass is 301 g/mol. The van der Waals surface area contributed by atoms with Crippen molar-refractivity contribution in [3.05, 3.63) is 35.9 Å². The van der Waals surface area contributed by atoms with Gasteiger partial charge in [-0.1, -0.05) is 37.3 Å². The molecular weight excluding hydrogens is 274 g/mol. The fourth-order valence-corrected chi connectivity index (χ4v) is 3.60. The summed E-state index contributed by atoms with van der Waals surface area (Å²) in [5.74, 6) is 0.612. The molecule has 1 N–H and O–H groups in total. The van der Waals surface area contributed by atoms with Crippen LogP contribution in [0.3, 0.4) is 0 Å². The van der Waals surface area contributed by atoms with E-state index in [1.165, 1.54) is 5.56 Å². The standard InChI is InChI=1S/C18H27N3O/c1-15(16-5-3-2-4-6-16)13-18(22)21-10-7-17(14-21)20-11-8-19-9-12-20/h2-6,15,17,19H,7-14H2,1H3. The lowest BCUT2D eigenvalue weighted by molar-refractivity contribution is -0.130. The van der Waals surface area contributed by atoms with Gasteiger partial charge < -0.3 is 10.2 Å². The van der Waals surface area contributed by atoms with E-state index in [1.807, 2.05) is 18.2 Å². The first-order valence-corrected chi connectivity index (χ1v) is 8.51. The molecule has 0 spiro atoms. The van der Waals surface area contributed by atoms with Crippen LogP contribution in [0.1, 0.15) is 31.2 Å². The summed E-state index contributed by atoms with van der Waals surface area (Å²) >= 11 is 0. The summed E-state index contributed by atoms with van der Waals surface area (Å²) in [5, 5.41) is 3.39. The number of carbonyl (C=O) groups excluding carboxylic acids is 1. The number of piperazine rings is 1. The van der Waals surface area contributed by atoms with Crippen molar-refractivity contribution in [1.82, 2.24) is 15.1 Å². The molecule has 120 valence electrons. The van der Waals surface area contributed by atoms with E-state index in [9.17, 15) is 4.79 Å². The molecule has 2 aliphatic rings. The molecule has 2 unspecified atom stereocenters. The van der Waals surface area contributed by atoms with Crippen LogP contribution in [-0.2, 0) is 4.79 Å². The highest BCUT2D eigenvalue weighted by Gasteiger charge is 2.31. The van der Waals surface area contributed by atoms with Gasteiger partial charge in [0.1, 0.15) is 0 Å². The molecule has 0 saturated carbocycles. The maximum absolute atomic E-state index is 12.6. The second-order valence-corrected chi connectivity index (χ2v) is 6.58. The Balaban J connectivity index is 1.51. The van der Waals surface area contributed by atoms with Gasteiger partial charge in [0.25, 0.3) is 0 Å². The molecule has 1 aromatic rings. The first kappa shape index (κ1) is 15.5. The minimum atomic E-state index is 0.298. The normalized spacial score (nSPS) is 24.4. The number of hydrogen-bond acceptors (Lipinski definition) is 3. The zero-order valence-electron chi connectivity index (χ0n) is 13.5. The van der Waals surface area contributed by atoms with Crippen molar-refractivity contribution in [2.45, 2.75) is 31.7 Å². The fraction of sp³-hybridized carbons (Fsp3) is 0.611. The Bertz CT molecular complexity index is 484. The smallest absolute Gasteiger partial charge is 0.223 e. The minimum absolute atomic E-state index is 0.298. The number of nitrogens with one attached hydrogen (secondary N) is 1. The maximum Gasteiger partial charge on any atom is 0.223 e. The molecule has 0 radical (unpaired) electrons. The topological polar surface area (TPSA) is 35.6 Å². The first-order chi connectivity index (χ1) is 10.7. The molecule has 0 aromatic heterocycles. The Kier molecular flexibility index (Phi) is 5.11. The average molecular weight is 301 g/mol. The van der Waals surface area contributed by atoms with Crippen molar-refractivity contribution >= 4 is 5.91 Å². The number of carbonyl (C=O) groups is 1. The number of likely N-dealkylation sites (tertiary alicyclic amines) is 1. The molecule has 2 heterocycles. The lowest BCUT2D eigenvalue weighted by Crippen LogP contribution is -2.49. The summed E-state index contributed by atoms with van der Waals surface area (Å²) in [6, 6.07) is 10.9. The third-order valence-corrected chi connectivity index (χ3v) is 5.03. The van der Waals surface area contributed by atoms with Gasteiger partial charge in [-0.25, -0.2) is 0 Å².